The molecule has 2 amide bonds. The maximum Gasteiger partial charge on any atom is 0.243 e. The Morgan fingerprint density at radius 2 is 1.79 bits per heavy atom. The normalized spacial score (nSPS) is 10.3. The van der Waals surface area contributed by atoms with Crippen LogP contribution in [0.1, 0.15) is 35.3 Å². The molecular weight excluding hydrogens is 356 g/mol. The fourth-order valence-corrected chi connectivity index (χ4v) is 2.88. The standard InChI is InChI=1S/C22H26N2O4/c1-5-16-8-6-7-9-19(16)23-21(26)14-24(3)22(27)13-18-12-17(15(2)25)10-11-20(18)28-4/h6-12H,5,13-14H2,1-4H3,(H,23,26). The molecule has 0 radical (unpaired) electrons. The van der Waals surface area contributed by atoms with Crippen LogP contribution in [-0.2, 0) is 22.4 Å². The van der Waals surface area contributed by atoms with E-state index in [1.807, 2.05) is 31.2 Å². The van der Waals surface area contributed by atoms with Crippen LogP contribution in [0.15, 0.2) is 42.5 Å². The molecule has 28 heavy (non-hydrogen) atoms. The highest BCUT2D eigenvalue weighted by Gasteiger charge is 2.17. The summed E-state index contributed by atoms with van der Waals surface area (Å²) in [6, 6.07) is 12.6. The second kappa shape index (κ2) is 9.69. The minimum absolute atomic E-state index is 0.0413. The fraction of sp³-hybridized carbons (Fsp3) is 0.318. The average molecular weight is 382 g/mol. The van der Waals surface area contributed by atoms with Crippen molar-refractivity contribution in [2.75, 3.05) is 26.0 Å². The van der Waals surface area contributed by atoms with Gasteiger partial charge in [-0.15, -0.1) is 0 Å². The summed E-state index contributed by atoms with van der Waals surface area (Å²) in [6.45, 7) is 3.42. The van der Waals surface area contributed by atoms with Crippen molar-refractivity contribution >= 4 is 23.3 Å². The van der Waals surface area contributed by atoms with Gasteiger partial charge in [-0.3, -0.25) is 14.4 Å². The van der Waals surface area contributed by atoms with E-state index in [1.54, 1.807) is 25.2 Å². The highest BCUT2D eigenvalue weighted by Crippen LogP contribution is 2.21. The molecule has 2 aromatic rings. The van der Waals surface area contributed by atoms with Gasteiger partial charge in [-0.1, -0.05) is 25.1 Å². The molecule has 0 spiro atoms. The number of Topliss-reactive ketones (excluding diaryl/α,β-unsaturated/α-hetero) is 1. The zero-order chi connectivity index (χ0) is 20.7. The smallest absolute Gasteiger partial charge is 0.243 e. The van der Waals surface area contributed by atoms with Crippen LogP contribution in [0.4, 0.5) is 5.69 Å². The third-order valence-electron chi connectivity index (χ3n) is 4.51. The second-order valence-electron chi connectivity index (χ2n) is 6.57. The van der Waals surface area contributed by atoms with Crippen LogP contribution in [-0.4, -0.2) is 43.2 Å². The summed E-state index contributed by atoms with van der Waals surface area (Å²) in [6.07, 6.45) is 0.844. The monoisotopic (exact) mass is 382 g/mol. The van der Waals surface area contributed by atoms with Crippen molar-refractivity contribution in [2.45, 2.75) is 26.7 Å². The van der Waals surface area contributed by atoms with Crippen molar-refractivity contribution in [3.8, 4) is 5.75 Å². The number of methoxy groups -OCH3 is 1. The topological polar surface area (TPSA) is 75.7 Å². The van der Waals surface area contributed by atoms with E-state index >= 15 is 0 Å². The van der Waals surface area contributed by atoms with Gasteiger partial charge in [-0.2, -0.15) is 0 Å². The zero-order valence-corrected chi connectivity index (χ0v) is 16.7. The lowest BCUT2D eigenvalue weighted by Gasteiger charge is -2.18. The van der Waals surface area contributed by atoms with Gasteiger partial charge in [0.05, 0.1) is 20.1 Å². The predicted octanol–water partition coefficient (Wildman–Crippen LogP) is 3.10. The minimum Gasteiger partial charge on any atom is -0.496 e. The molecule has 1 N–H and O–H groups in total. The Labute approximate surface area is 165 Å². The van der Waals surface area contributed by atoms with Gasteiger partial charge >= 0.3 is 0 Å². The van der Waals surface area contributed by atoms with Crippen LogP contribution in [0.5, 0.6) is 5.75 Å². The molecule has 2 rings (SSSR count). The molecule has 6 nitrogen and oxygen atoms in total. The number of carbonyl (C=O) groups is 3. The van der Waals surface area contributed by atoms with E-state index in [9.17, 15) is 14.4 Å². The summed E-state index contributed by atoms with van der Waals surface area (Å²) >= 11 is 0. The van der Waals surface area contributed by atoms with Crippen molar-refractivity contribution in [1.82, 2.24) is 4.90 Å². The van der Waals surface area contributed by atoms with Crippen molar-refractivity contribution < 1.29 is 19.1 Å². The number of para-hydroxylation sites is 1. The van der Waals surface area contributed by atoms with Gasteiger partial charge in [0, 0.05) is 23.9 Å². The van der Waals surface area contributed by atoms with Crippen molar-refractivity contribution in [3.63, 3.8) is 0 Å². The molecule has 0 heterocycles. The molecule has 0 atom stereocenters. The summed E-state index contributed by atoms with van der Waals surface area (Å²) < 4.78 is 5.28. The third kappa shape index (κ3) is 5.42. The zero-order valence-electron chi connectivity index (χ0n) is 16.7. The number of ketones is 1. The van der Waals surface area contributed by atoms with Gasteiger partial charge in [-0.25, -0.2) is 0 Å². The Morgan fingerprint density at radius 1 is 1.07 bits per heavy atom. The summed E-state index contributed by atoms with van der Waals surface area (Å²) in [5.41, 5.74) is 2.92. The molecule has 2 aromatic carbocycles. The number of ether oxygens (including phenoxy) is 1. The van der Waals surface area contributed by atoms with Crippen LogP contribution < -0.4 is 10.1 Å². The number of hydrogen-bond donors (Lipinski definition) is 1. The van der Waals surface area contributed by atoms with Gasteiger partial charge in [0.15, 0.2) is 5.78 Å². The SMILES string of the molecule is CCc1ccccc1NC(=O)CN(C)C(=O)Cc1cc(C(C)=O)ccc1OC. The Hall–Kier alpha value is -3.15. The highest BCUT2D eigenvalue weighted by molar-refractivity contribution is 5.96. The number of hydrogen-bond acceptors (Lipinski definition) is 4. The highest BCUT2D eigenvalue weighted by atomic mass is 16.5. The summed E-state index contributed by atoms with van der Waals surface area (Å²) in [4.78, 5) is 37.9. The predicted molar refractivity (Wildman–Crippen MR) is 109 cm³/mol. The molecule has 0 aliphatic rings. The first-order valence-corrected chi connectivity index (χ1v) is 9.15. The van der Waals surface area contributed by atoms with Gasteiger partial charge in [0.25, 0.3) is 0 Å². The Bertz CT molecular complexity index is 877. The van der Waals surface area contributed by atoms with Gasteiger partial charge in [-0.05, 0) is 43.2 Å². The van der Waals surface area contributed by atoms with E-state index in [0.717, 1.165) is 17.7 Å². The molecular formula is C22H26N2O4. The van der Waals surface area contributed by atoms with Gasteiger partial charge in [0.1, 0.15) is 5.75 Å². The van der Waals surface area contributed by atoms with Gasteiger partial charge in [0.2, 0.25) is 11.8 Å². The lowest BCUT2D eigenvalue weighted by atomic mass is 10.0. The molecule has 0 unspecified atom stereocenters. The van der Waals surface area contributed by atoms with E-state index in [-0.39, 0.29) is 30.6 Å². The lowest BCUT2D eigenvalue weighted by molar-refractivity contribution is -0.132. The first-order chi connectivity index (χ1) is 13.3. The minimum atomic E-state index is -0.263. The van der Waals surface area contributed by atoms with E-state index in [4.69, 9.17) is 4.74 Å². The lowest BCUT2D eigenvalue weighted by Crippen LogP contribution is -2.36. The number of benzene rings is 2. The number of nitrogens with zero attached hydrogens (tertiary/aromatic N) is 1. The summed E-state index contributed by atoms with van der Waals surface area (Å²) in [5.74, 6) is -0.0501. The molecule has 0 aliphatic heterocycles. The molecule has 0 saturated carbocycles. The van der Waals surface area contributed by atoms with Crippen molar-refractivity contribution in [1.29, 1.82) is 0 Å². The van der Waals surface area contributed by atoms with E-state index in [0.29, 0.717) is 16.9 Å². The van der Waals surface area contributed by atoms with Crippen molar-refractivity contribution in [2.24, 2.45) is 0 Å². The van der Waals surface area contributed by atoms with E-state index in [1.165, 1.54) is 18.9 Å². The van der Waals surface area contributed by atoms with Crippen LogP contribution in [0.3, 0.4) is 0 Å². The number of rotatable bonds is 8. The number of anilines is 1. The first kappa shape index (κ1) is 21.2. The second-order valence-corrected chi connectivity index (χ2v) is 6.57. The van der Waals surface area contributed by atoms with Crippen LogP contribution in [0.2, 0.25) is 0 Å². The van der Waals surface area contributed by atoms with Crippen LogP contribution >= 0.6 is 0 Å². The largest absolute Gasteiger partial charge is 0.496 e. The Kier molecular flexibility index (Phi) is 7.32. The maximum absolute atomic E-state index is 12.6. The summed E-state index contributed by atoms with van der Waals surface area (Å²) in [5, 5.41) is 2.86. The molecule has 0 fully saturated rings. The van der Waals surface area contributed by atoms with E-state index in [2.05, 4.69) is 5.32 Å². The fourth-order valence-electron chi connectivity index (χ4n) is 2.88. The molecule has 0 aromatic heterocycles. The quantitative estimate of drug-likeness (QED) is 0.712. The third-order valence-corrected chi connectivity index (χ3v) is 4.51. The summed E-state index contributed by atoms with van der Waals surface area (Å²) in [7, 11) is 3.09. The molecule has 0 bridgehead atoms. The maximum atomic E-state index is 12.6. The number of carbonyl (C=O) groups excluding carboxylic acids is 3. The average Bonchev–Trinajstić information content (AvgIpc) is 2.68. The molecule has 0 aliphatic carbocycles. The number of likely N-dealkylation sites (N-methyl/N-ethyl adjacent to an activating group) is 1. The first-order valence-electron chi connectivity index (χ1n) is 9.15. The Balaban J connectivity index is 2.04. The number of nitrogens with one attached hydrogen (secondary N) is 1. The molecule has 6 heteroatoms. The van der Waals surface area contributed by atoms with Crippen LogP contribution in [0, 0.1) is 0 Å². The number of amides is 2. The number of aryl methyl sites for hydroxylation is 1. The van der Waals surface area contributed by atoms with E-state index < -0.39 is 0 Å². The van der Waals surface area contributed by atoms with Gasteiger partial charge < -0.3 is 15.0 Å². The van der Waals surface area contributed by atoms with Crippen LogP contribution in [0.25, 0.3) is 0 Å². The molecule has 148 valence electrons. The Morgan fingerprint density at radius 3 is 2.43 bits per heavy atom. The van der Waals surface area contributed by atoms with Crippen molar-refractivity contribution in [3.05, 3.63) is 59.2 Å². The molecule has 0 saturated heterocycles.